The maximum absolute atomic E-state index is 14.6. The molecule has 1 aromatic carbocycles. The van der Waals surface area contributed by atoms with Crippen LogP contribution in [0.25, 0.3) is 5.69 Å². The summed E-state index contributed by atoms with van der Waals surface area (Å²) in [6.07, 6.45) is -3.55. The number of thioether (sulfide) groups is 2. The quantitative estimate of drug-likeness (QED) is 0.386. The minimum absolute atomic E-state index is 0.121. The minimum Gasteiger partial charge on any atom is -0.481 e. The van der Waals surface area contributed by atoms with Gasteiger partial charge in [-0.3, -0.25) is 19.0 Å². The molecule has 1 unspecified atom stereocenters. The summed E-state index contributed by atoms with van der Waals surface area (Å²) in [5.74, 6) is -2.43. The Bertz CT molecular complexity index is 1300. The smallest absolute Gasteiger partial charge is 0.431 e. The van der Waals surface area contributed by atoms with Crippen molar-refractivity contribution in [2.75, 3.05) is 11.5 Å². The Morgan fingerprint density at radius 2 is 1.86 bits per heavy atom. The van der Waals surface area contributed by atoms with Gasteiger partial charge in [0.1, 0.15) is 11.5 Å². The van der Waals surface area contributed by atoms with E-state index in [2.05, 4.69) is 0 Å². The summed E-state index contributed by atoms with van der Waals surface area (Å²) in [6, 6.07) is 2.01. The highest BCUT2D eigenvalue weighted by atomic mass is 35.5. The van der Waals surface area contributed by atoms with Gasteiger partial charge in [0.15, 0.2) is 5.12 Å². The molecular weight excluding hydrogens is 536 g/mol. The fourth-order valence-corrected chi connectivity index (χ4v) is 5.92. The highest BCUT2D eigenvalue weighted by Crippen LogP contribution is 2.54. The lowest BCUT2D eigenvalue weighted by atomic mass is 9.93. The lowest BCUT2D eigenvalue weighted by molar-refractivity contribution is -0.144. The topological polar surface area (TPSA) is 98.4 Å². The number of halogens is 5. The first-order valence-electron chi connectivity index (χ1n) is 10.1. The molecule has 1 aliphatic carbocycles. The molecule has 3 rings (SSSR count). The number of alkyl halides is 3. The first-order chi connectivity index (χ1) is 16.2. The van der Waals surface area contributed by atoms with Crippen molar-refractivity contribution in [1.82, 2.24) is 9.13 Å². The summed E-state index contributed by atoms with van der Waals surface area (Å²) in [5, 5.41) is 8.80. The van der Waals surface area contributed by atoms with E-state index in [4.69, 9.17) is 11.6 Å². The Balaban J connectivity index is 1.82. The molecule has 1 saturated carbocycles. The van der Waals surface area contributed by atoms with E-state index in [1.165, 1.54) is 0 Å². The molecule has 0 bridgehead atoms. The average molecular weight is 555 g/mol. The van der Waals surface area contributed by atoms with Crippen LogP contribution in [0.1, 0.15) is 25.5 Å². The Morgan fingerprint density at radius 3 is 2.40 bits per heavy atom. The van der Waals surface area contributed by atoms with Crippen molar-refractivity contribution >= 4 is 46.2 Å². The van der Waals surface area contributed by atoms with Crippen molar-refractivity contribution in [2.24, 2.45) is 18.4 Å². The van der Waals surface area contributed by atoms with Gasteiger partial charge >= 0.3 is 17.8 Å². The number of aliphatic carboxylic acids is 1. The Hall–Kier alpha value is -2.25. The molecule has 1 aromatic heterocycles. The van der Waals surface area contributed by atoms with E-state index in [1.54, 1.807) is 6.92 Å². The SMILES string of the molecule is CC(C(=O)O)C1(CSC(=O)CSc2cc(-n3c(=O)cc(C(F)(F)F)n(C)c3=O)c(F)cc2Cl)CC1. The number of carbonyl (C=O) groups is 2. The summed E-state index contributed by atoms with van der Waals surface area (Å²) in [4.78, 5) is 48.5. The number of carboxylic acids is 1. The molecule has 2 aromatic rings. The number of carbonyl (C=O) groups excluding carboxylic acids is 1. The minimum atomic E-state index is -4.97. The first-order valence-corrected chi connectivity index (χ1v) is 12.4. The van der Waals surface area contributed by atoms with Crippen LogP contribution in [0.4, 0.5) is 17.6 Å². The third-order valence-corrected chi connectivity index (χ3v) is 8.75. The summed E-state index contributed by atoms with van der Waals surface area (Å²) >= 11 is 7.91. The van der Waals surface area contributed by atoms with Crippen LogP contribution in [-0.2, 0) is 22.8 Å². The van der Waals surface area contributed by atoms with Crippen molar-refractivity contribution in [3.05, 3.63) is 55.6 Å². The fourth-order valence-electron chi connectivity index (χ4n) is 3.45. The maximum Gasteiger partial charge on any atom is 0.431 e. The zero-order valence-electron chi connectivity index (χ0n) is 18.3. The number of carboxylic acid groups (broad SMARTS) is 1. The van der Waals surface area contributed by atoms with Gasteiger partial charge in [-0.15, -0.1) is 11.8 Å². The van der Waals surface area contributed by atoms with Crippen LogP contribution in [-0.4, -0.2) is 36.8 Å². The predicted octanol–water partition coefficient (Wildman–Crippen LogP) is 4.20. The lowest BCUT2D eigenvalue weighted by Gasteiger charge is -2.18. The molecule has 0 amide bonds. The molecule has 7 nitrogen and oxygen atoms in total. The molecule has 1 atom stereocenters. The van der Waals surface area contributed by atoms with Crippen LogP contribution in [0.5, 0.6) is 0 Å². The molecule has 1 aliphatic rings. The normalized spacial score (nSPS) is 15.6. The Kier molecular flexibility index (Phi) is 7.82. The molecule has 1 heterocycles. The van der Waals surface area contributed by atoms with Gasteiger partial charge in [-0.05, 0) is 30.4 Å². The highest BCUT2D eigenvalue weighted by Gasteiger charge is 2.50. The van der Waals surface area contributed by atoms with Gasteiger partial charge in [-0.1, -0.05) is 30.3 Å². The third kappa shape index (κ3) is 5.78. The van der Waals surface area contributed by atoms with Gasteiger partial charge in [0, 0.05) is 23.8 Å². The van der Waals surface area contributed by atoms with E-state index >= 15 is 0 Å². The second kappa shape index (κ2) is 10.0. The van der Waals surface area contributed by atoms with Crippen LogP contribution in [0.3, 0.4) is 0 Å². The van der Waals surface area contributed by atoms with Crippen LogP contribution >= 0.6 is 35.1 Å². The average Bonchev–Trinajstić information content (AvgIpc) is 3.55. The third-order valence-electron chi connectivity index (χ3n) is 5.90. The number of rotatable bonds is 8. The molecule has 35 heavy (non-hydrogen) atoms. The molecular formula is C21H19ClF4N2O5S2. The van der Waals surface area contributed by atoms with E-state index < -0.39 is 51.9 Å². The Labute approximate surface area is 209 Å². The van der Waals surface area contributed by atoms with E-state index in [1.807, 2.05) is 0 Å². The van der Waals surface area contributed by atoms with E-state index in [-0.39, 0.29) is 36.0 Å². The molecule has 0 aliphatic heterocycles. The van der Waals surface area contributed by atoms with Crippen LogP contribution in [0.15, 0.2) is 32.7 Å². The first kappa shape index (κ1) is 27.3. The zero-order valence-corrected chi connectivity index (χ0v) is 20.7. The largest absolute Gasteiger partial charge is 0.481 e. The molecule has 0 saturated heterocycles. The highest BCUT2D eigenvalue weighted by molar-refractivity contribution is 8.15. The van der Waals surface area contributed by atoms with Gasteiger partial charge in [-0.25, -0.2) is 13.8 Å². The van der Waals surface area contributed by atoms with Gasteiger partial charge in [0.2, 0.25) is 0 Å². The van der Waals surface area contributed by atoms with Crippen LogP contribution in [0, 0.1) is 17.2 Å². The van der Waals surface area contributed by atoms with Crippen molar-refractivity contribution in [3.8, 4) is 5.69 Å². The monoisotopic (exact) mass is 554 g/mol. The van der Waals surface area contributed by atoms with Crippen LogP contribution < -0.4 is 11.2 Å². The van der Waals surface area contributed by atoms with Gasteiger partial charge in [0.25, 0.3) is 5.56 Å². The van der Waals surface area contributed by atoms with Crippen molar-refractivity contribution in [2.45, 2.75) is 30.8 Å². The number of hydrogen-bond donors (Lipinski definition) is 1. The number of hydrogen-bond acceptors (Lipinski definition) is 6. The summed E-state index contributed by atoms with van der Waals surface area (Å²) in [7, 11) is 0.804. The molecule has 1 fully saturated rings. The van der Waals surface area contributed by atoms with Gasteiger partial charge in [-0.2, -0.15) is 13.2 Å². The van der Waals surface area contributed by atoms with E-state index in [0.29, 0.717) is 18.6 Å². The van der Waals surface area contributed by atoms with Crippen molar-refractivity contribution < 1.29 is 32.3 Å². The molecule has 1 N–H and O–H groups in total. The zero-order chi connectivity index (χ0) is 26.3. The summed E-state index contributed by atoms with van der Waals surface area (Å²) in [5.41, 5.74) is -5.31. The van der Waals surface area contributed by atoms with Gasteiger partial charge in [0.05, 0.1) is 22.4 Å². The summed E-state index contributed by atoms with van der Waals surface area (Å²) in [6.45, 7) is 1.60. The van der Waals surface area contributed by atoms with Crippen LogP contribution in [0.2, 0.25) is 5.02 Å². The number of benzene rings is 1. The van der Waals surface area contributed by atoms with Gasteiger partial charge < -0.3 is 5.11 Å². The summed E-state index contributed by atoms with van der Waals surface area (Å²) < 4.78 is 54.3. The molecule has 0 radical (unpaired) electrons. The fraction of sp³-hybridized carbons (Fsp3) is 0.429. The molecule has 14 heteroatoms. The van der Waals surface area contributed by atoms with E-state index in [9.17, 15) is 41.8 Å². The number of aromatic nitrogens is 2. The standard InChI is InChI=1S/C21H19ClF4N2O5S2/c1-10(18(31)32)20(3-4-20)9-35-17(30)8-34-14-6-13(12(23)5-11(14)22)28-16(29)7-15(21(24,25)26)27(2)19(28)33/h5-7,10H,3-4,8-9H2,1-2H3,(H,31,32). The van der Waals surface area contributed by atoms with E-state index in [0.717, 1.165) is 42.7 Å². The molecule has 0 spiro atoms. The predicted molar refractivity (Wildman–Crippen MR) is 124 cm³/mol. The maximum atomic E-state index is 14.6. The molecule has 190 valence electrons. The second-order valence-corrected chi connectivity index (χ2v) is 10.6. The van der Waals surface area contributed by atoms with Crippen molar-refractivity contribution in [3.63, 3.8) is 0 Å². The lowest BCUT2D eigenvalue weighted by Crippen LogP contribution is -2.41. The Morgan fingerprint density at radius 1 is 1.23 bits per heavy atom. The van der Waals surface area contributed by atoms with Crippen molar-refractivity contribution in [1.29, 1.82) is 0 Å². The number of nitrogens with zero attached hydrogens (tertiary/aromatic N) is 2. The second-order valence-electron chi connectivity index (χ2n) is 8.15.